The number of Topliss-reactive ketones (excluding diaryl/α,β-unsaturated/α-hetero) is 1. The summed E-state index contributed by atoms with van der Waals surface area (Å²) < 4.78 is 13.2. The number of hydrogen-bond acceptors (Lipinski definition) is 4. The lowest BCUT2D eigenvalue weighted by molar-refractivity contribution is -0.138. The highest BCUT2D eigenvalue weighted by molar-refractivity contribution is 5.96. The summed E-state index contributed by atoms with van der Waals surface area (Å²) in [6, 6.07) is 12.9. The molecule has 0 saturated carbocycles. The summed E-state index contributed by atoms with van der Waals surface area (Å²) in [5.41, 5.74) is 4.43. The first-order valence-electron chi connectivity index (χ1n) is 12.0. The topological polar surface area (TPSA) is 60.9 Å². The molecule has 0 bridgehead atoms. The highest BCUT2D eigenvalue weighted by atomic mass is 19.1. The molecular formula is C27H33FN2O3. The minimum absolute atomic E-state index is 0.110. The Balaban J connectivity index is 1.32. The van der Waals surface area contributed by atoms with E-state index in [0.717, 1.165) is 76.0 Å². The largest absolute Gasteiger partial charge is 0.480 e. The van der Waals surface area contributed by atoms with Crippen LogP contribution in [0.4, 0.5) is 4.39 Å². The molecule has 1 N–H and O–H groups in total. The van der Waals surface area contributed by atoms with Gasteiger partial charge >= 0.3 is 5.97 Å². The van der Waals surface area contributed by atoms with E-state index in [0.29, 0.717) is 12.3 Å². The first kappa shape index (κ1) is 23.6. The monoisotopic (exact) mass is 452 g/mol. The molecule has 0 atom stereocenters. The first-order chi connectivity index (χ1) is 16.0. The highest BCUT2D eigenvalue weighted by Crippen LogP contribution is 2.25. The number of nitrogens with zero attached hydrogens (tertiary/aromatic N) is 2. The lowest BCUT2D eigenvalue weighted by Crippen LogP contribution is -2.37. The highest BCUT2D eigenvalue weighted by Gasteiger charge is 2.22. The summed E-state index contributed by atoms with van der Waals surface area (Å²) in [6.45, 7) is 4.27. The fraction of sp³-hybridized carbons (Fsp3) is 0.481. The molecule has 5 nitrogen and oxygen atoms in total. The van der Waals surface area contributed by atoms with Gasteiger partial charge in [-0.2, -0.15) is 0 Å². The summed E-state index contributed by atoms with van der Waals surface area (Å²) >= 11 is 0. The zero-order chi connectivity index (χ0) is 23.2. The predicted octanol–water partition coefficient (Wildman–Crippen LogP) is 4.53. The Morgan fingerprint density at radius 3 is 2.45 bits per heavy atom. The van der Waals surface area contributed by atoms with Crippen molar-refractivity contribution in [2.45, 2.75) is 51.6 Å². The Kier molecular flexibility index (Phi) is 7.89. The second-order valence-corrected chi connectivity index (χ2v) is 9.50. The number of likely N-dealkylation sites (tertiary alicyclic amines) is 1. The van der Waals surface area contributed by atoms with Gasteiger partial charge in [-0.15, -0.1) is 0 Å². The van der Waals surface area contributed by atoms with Gasteiger partial charge < -0.3 is 5.11 Å². The number of piperidine rings is 1. The van der Waals surface area contributed by atoms with Gasteiger partial charge in [0.25, 0.3) is 0 Å². The van der Waals surface area contributed by atoms with Crippen LogP contribution in [0, 0.1) is 11.7 Å². The molecule has 2 aliphatic rings. The minimum Gasteiger partial charge on any atom is -0.480 e. The standard InChI is InChI=1S/C27H33FN2O3/c28-25-8-3-21(4-9-25)17-30-13-1-2-22-6-7-23(16-24(22)18-30)26(31)10-5-20-11-14-29(15-12-20)19-27(32)33/h3-4,6-9,16,20H,1-2,5,10-15,17-19H2,(H,32,33). The molecule has 2 aliphatic heterocycles. The minimum atomic E-state index is -0.775. The number of aryl methyl sites for hydroxylation is 1. The molecule has 0 amide bonds. The van der Waals surface area contributed by atoms with Crippen molar-refractivity contribution < 1.29 is 19.1 Å². The van der Waals surface area contributed by atoms with Crippen molar-refractivity contribution in [3.63, 3.8) is 0 Å². The number of carboxylic acid groups (broad SMARTS) is 1. The van der Waals surface area contributed by atoms with Gasteiger partial charge in [0.15, 0.2) is 5.78 Å². The summed E-state index contributed by atoms with van der Waals surface area (Å²) in [5, 5.41) is 8.93. The van der Waals surface area contributed by atoms with Gasteiger partial charge in [0.2, 0.25) is 0 Å². The van der Waals surface area contributed by atoms with Gasteiger partial charge in [-0.25, -0.2) is 4.39 Å². The van der Waals surface area contributed by atoms with Crippen LogP contribution in [-0.2, 0) is 24.3 Å². The molecule has 0 aromatic heterocycles. The molecule has 1 fully saturated rings. The Hall–Kier alpha value is -2.57. The van der Waals surface area contributed by atoms with Gasteiger partial charge in [-0.05, 0) is 92.5 Å². The Labute approximate surface area is 195 Å². The number of hydrogen-bond donors (Lipinski definition) is 1. The lowest BCUT2D eigenvalue weighted by Gasteiger charge is -2.30. The summed E-state index contributed by atoms with van der Waals surface area (Å²) in [6.07, 6.45) is 5.42. The molecule has 0 spiro atoms. The van der Waals surface area contributed by atoms with Gasteiger partial charge in [0.05, 0.1) is 6.54 Å². The van der Waals surface area contributed by atoms with Crippen molar-refractivity contribution in [3.05, 3.63) is 70.5 Å². The molecule has 0 aliphatic carbocycles. The molecule has 0 unspecified atom stereocenters. The molecule has 0 radical (unpaired) electrons. The second-order valence-electron chi connectivity index (χ2n) is 9.50. The second kappa shape index (κ2) is 11.0. The molecule has 4 rings (SSSR count). The van der Waals surface area contributed by atoms with Gasteiger partial charge in [0, 0.05) is 25.1 Å². The van der Waals surface area contributed by atoms with Crippen LogP contribution in [0.2, 0.25) is 0 Å². The van der Waals surface area contributed by atoms with Gasteiger partial charge in [0.1, 0.15) is 5.82 Å². The maximum Gasteiger partial charge on any atom is 0.317 e. The molecule has 6 heteroatoms. The number of aliphatic carboxylic acids is 1. The summed E-state index contributed by atoms with van der Waals surface area (Å²) in [7, 11) is 0. The maximum absolute atomic E-state index is 13.2. The van der Waals surface area contributed by atoms with Crippen LogP contribution in [-0.4, -0.2) is 52.8 Å². The van der Waals surface area contributed by atoms with E-state index in [1.165, 1.54) is 23.3 Å². The summed E-state index contributed by atoms with van der Waals surface area (Å²) in [4.78, 5) is 28.2. The SMILES string of the molecule is O=C(O)CN1CCC(CCC(=O)c2ccc3c(c2)CN(Cc2ccc(F)cc2)CCC3)CC1. The molecule has 2 heterocycles. The number of carboxylic acids is 1. The number of rotatable bonds is 8. The molecule has 1 saturated heterocycles. The molecule has 2 aromatic carbocycles. The quantitative estimate of drug-likeness (QED) is 0.596. The number of carbonyl (C=O) groups excluding carboxylic acids is 1. The third kappa shape index (κ3) is 6.71. The van der Waals surface area contributed by atoms with Crippen LogP contribution in [0.3, 0.4) is 0 Å². The van der Waals surface area contributed by atoms with E-state index in [1.807, 2.05) is 23.1 Å². The molecule has 2 aromatic rings. The van der Waals surface area contributed by atoms with Gasteiger partial charge in [-0.1, -0.05) is 24.3 Å². The molecule has 176 valence electrons. The average molecular weight is 453 g/mol. The number of benzene rings is 2. The Morgan fingerprint density at radius 2 is 1.73 bits per heavy atom. The van der Waals surface area contributed by atoms with Gasteiger partial charge in [-0.3, -0.25) is 19.4 Å². The lowest BCUT2D eigenvalue weighted by atomic mass is 9.90. The number of ketones is 1. The van der Waals surface area contributed by atoms with Crippen molar-refractivity contribution in [1.82, 2.24) is 9.80 Å². The average Bonchev–Trinajstić information content (AvgIpc) is 3.00. The molecular weight excluding hydrogens is 419 g/mol. The van der Waals surface area contributed by atoms with Crippen LogP contribution >= 0.6 is 0 Å². The number of fused-ring (bicyclic) bond motifs is 1. The van der Waals surface area contributed by atoms with E-state index in [-0.39, 0.29) is 18.1 Å². The van der Waals surface area contributed by atoms with E-state index >= 15 is 0 Å². The summed E-state index contributed by atoms with van der Waals surface area (Å²) in [5.74, 6) is -0.303. The number of halogens is 1. The fourth-order valence-electron chi connectivity index (χ4n) is 5.09. The van der Waals surface area contributed by atoms with Crippen LogP contribution in [0.5, 0.6) is 0 Å². The van der Waals surface area contributed by atoms with Crippen molar-refractivity contribution in [2.24, 2.45) is 5.92 Å². The van der Waals surface area contributed by atoms with Crippen molar-refractivity contribution >= 4 is 11.8 Å². The van der Waals surface area contributed by atoms with E-state index in [9.17, 15) is 14.0 Å². The zero-order valence-corrected chi connectivity index (χ0v) is 19.1. The smallest absolute Gasteiger partial charge is 0.317 e. The normalized spacial score (nSPS) is 18.0. The third-order valence-corrected chi connectivity index (χ3v) is 7.01. The van der Waals surface area contributed by atoms with Crippen molar-refractivity contribution in [1.29, 1.82) is 0 Å². The van der Waals surface area contributed by atoms with E-state index in [1.54, 1.807) is 0 Å². The Morgan fingerprint density at radius 1 is 0.970 bits per heavy atom. The molecule has 33 heavy (non-hydrogen) atoms. The van der Waals surface area contributed by atoms with Crippen LogP contribution in [0.1, 0.15) is 59.2 Å². The third-order valence-electron chi connectivity index (χ3n) is 7.01. The first-order valence-corrected chi connectivity index (χ1v) is 12.0. The van der Waals surface area contributed by atoms with E-state index < -0.39 is 5.97 Å². The number of carbonyl (C=O) groups is 2. The van der Waals surface area contributed by atoms with Crippen molar-refractivity contribution in [3.8, 4) is 0 Å². The Bertz CT molecular complexity index is 968. The van der Waals surface area contributed by atoms with E-state index in [2.05, 4.69) is 17.0 Å². The fourth-order valence-corrected chi connectivity index (χ4v) is 5.09. The predicted molar refractivity (Wildman–Crippen MR) is 126 cm³/mol. The van der Waals surface area contributed by atoms with Crippen LogP contribution in [0.15, 0.2) is 42.5 Å². The van der Waals surface area contributed by atoms with Crippen molar-refractivity contribution in [2.75, 3.05) is 26.2 Å². The van der Waals surface area contributed by atoms with Crippen LogP contribution < -0.4 is 0 Å². The van der Waals surface area contributed by atoms with Crippen LogP contribution in [0.25, 0.3) is 0 Å². The maximum atomic E-state index is 13.2. The zero-order valence-electron chi connectivity index (χ0n) is 19.1. The van der Waals surface area contributed by atoms with E-state index in [4.69, 9.17) is 5.11 Å².